The van der Waals surface area contributed by atoms with Crippen molar-refractivity contribution in [2.45, 2.75) is 13.8 Å². The van der Waals surface area contributed by atoms with E-state index in [1.165, 1.54) is 37.7 Å². The van der Waals surface area contributed by atoms with Gasteiger partial charge in [0.15, 0.2) is 11.5 Å². The van der Waals surface area contributed by atoms with E-state index in [9.17, 15) is 14.7 Å². The number of nitrogens with one attached hydrogen (secondary N) is 1. The molecule has 1 aromatic heterocycles. The van der Waals surface area contributed by atoms with E-state index in [0.717, 1.165) is 9.88 Å². The highest BCUT2D eigenvalue weighted by atomic mass is 32.1. The normalized spacial score (nSPS) is 10.3. The number of carbonyl (C=O) groups is 2. The van der Waals surface area contributed by atoms with Crippen LogP contribution in [0.15, 0.2) is 12.1 Å². The quantitative estimate of drug-likeness (QED) is 0.871. The lowest BCUT2D eigenvalue weighted by Gasteiger charge is -2.14. The Balaban J connectivity index is 2.45. The second-order valence-electron chi connectivity index (χ2n) is 4.66. The minimum Gasteiger partial charge on any atom is -0.493 e. The van der Waals surface area contributed by atoms with Gasteiger partial charge in [0.25, 0.3) is 5.91 Å². The van der Waals surface area contributed by atoms with Crippen molar-refractivity contribution in [2.75, 3.05) is 19.5 Å². The number of carbonyl (C=O) groups excluding carboxylic acids is 1. The van der Waals surface area contributed by atoms with E-state index >= 15 is 0 Å². The lowest BCUT2D eigenvalue weighted by Crippen LogP contribution is -2.15. The van der Waals surface area contributed by atoms with E-state index in [2.05, 4.69) is 10.3 Å². The molecule has 1 aromatic carbocycles. The zero-order chi connectivity index (χ0) is 17.1. The first-order chi connectivity index (χ1) is 10.9. The Morgan fingerprint density at radius 1 is 1.22 bits per heavy atom. The number of aryl methyl sites for hydroxylation is 2. The summed E-state index contributed by atoms with van der Waals surface area (Å²) in [5.74, 6) is -1.11. The minimum atomic E-state index is -1.14. The average Bonchev–Trinajstić information content (AvgIpc) is 2.84. The fourth-order valence-electron chi connectivity index (χ4n) is 2.10. The van der Waals surface area contributed by atoms with E-state index in [1.807, 2.05) is 6.92 Å². The summed E-state index contributed by atoms with van der Waals surface area (Å²) in [5.41, 5.74) is 0.484. The van der Waals surface area contributed by atoms with Gasteiger partial charge in [-0.3, -0.25) is 4.79 Å². The number of rotatable bonds is 5. The zero-order valence-electron chi connectivity index (χ0n) is 13.1. The molecule has 0 aliphatic heterocycles. The molecule has 0 unspecified atom stereocenters. The topological polar surface area (TPSA) is 97.8 Å². The largest absolute Gasteiger partial charge is 0.493 e. The van der Waals surface area contributed by atoms with Crippen LogP contribution in [0.4, 0.5) is 5.69 Å². The number of carboxylic acids is 1. The number of thiazole rings is 1. The summed E-state index contributed by atoms with van der Waals surface area (Å²) in [4.78, 5) is 28.6. The molecule has 1 amide bonds. The van der Waals surface area contributed by atoms with E-state index < -0.39 is 11.9 Å². The van der Waals surface area contributed by atoms with E-state index in [1.54, 1.807) is 6.92 Å². The molecule has 2 rings (SSSR count). The van der Waals surface area contributed by atoms with Crippen LogP contribution in [-0.2, 0) is 0 Å². The maximum atomic E-state index is 12.4. The van der Waals surface area contributed by atoms with E-state index in [4.69, 9.17) is 9.47 Å². The lowest BCUT2D eigenvalue weighted by molar-refractivity contribution is 0.0696. The fourth-order valence-corrected chi connectivity index (χ4v) is 2.92. The Labute approximate surface area is 136 Å². The van der Waals surface area contributed by atoms with Crippen molar-refractivity contribution < 1.29 is 24.2 Å². The van der Waals surface area contributed by atoms with Crippen molar-refractivity contribution in [3.05, 3.63) is 33.3 Å². The second-order valence-corrected chi connectivity index (χ2v) is 6.06. The molecule has 0 atom stereocenters. The Morgan fingerprint density at radius 3 is 2.39 bits per heavy atom. The Bertz CT molecular complexity index is 769. The second kappa shape index (κ2) is 6.66. The summed E-state index contributed by atoms with van der Waals surface area (Å²) in [6, 6.07) is 2.64. The summed E-state index contributed by atoms with van der Waals surface area (Å²) in [6.07, 6.45) is 0. The molecule has 0 saturated carbocycles. The molecular formula is C15H16N2O5S. The summed E-state index contributed by atoms with van der Waals surface area (Å²) in [5, 5.41) is 12.6. The number of hydrogen-bond acceptors (Lipinski definition) is 6. The molecule has 122 valence electrons. The van der Waals surface area contributed by atoms with Gasteiger partial charge in [-0.05, 0) is 26.0 Å². The highest BCUT2D eigenvalue weighted by molar-refractivity contribution is 7.11. The van der Waals surface area contributed by atoms with Crippen LogP contribution in [0.5, 0.6) is 11.5 Å². The molecule has 1 heterocycles. The maximum absolute atomic E-state index is 12.4. The minimum absolute atomic E-state index is 0.0240. The molecule has 8 heteroatoms. The van der Waals surface area contributed by atoms with Crippen LogP contribution < -0.4 is 14.8 Å². The van der Waals surface area contributed by atoms with Gasteiger partial charge < -0.3 is 19.9 Å². The summed E-state index contributed by atoms with van der Waals surface area (Å²) in [7, 11) is 2.80. The molecule has 7 nitrogen and oxygen atoms in total. The van der Waals surface area contributed by atoms with Gasteiger partial charge >= 0.3 is 5.97 Å². The Morgan fingerprint density at radius 2 is 1.91 bits per heavy atom. The van der Waals surface area contributed by atoms with Gasteiger partial charge in [0.05, 0.1) is 30.5 Å². The number of anilines is 1. The number of benzene rings is 1. The third kappa shape index (κ3) is 3.42. The van der Waals surface area contributed by atoms with Crippen LogP contribution in [0, 0.1) is 13.8 Å². The molecular weight excluding hydrogens is 320 g/mol. The van der Waals surface area contributed by atoms with Crippen molar-refractivity contribution in [3.8, 4) is 11.5 Å². The van der Waals surface area contributed by atoms with Crippen LogP contribution in [-0.4, -0.2) is 36.2 Å². The first-order valence-corrected chi connectivity index (χ1v) is 7.43. The van der Waals surface area contributed by atoms with Crippen LogP contribution in [0.1, 0.15) is 30.7 Å². The molecule has 23 heavy (non-hydrogen) atoms. The average molecular weight is 336 g/mol. The third-order valence-corrected chi connectivity index (χ3v) is 3.98. The van der Waals surface area contributed by atoms with Crippen molar-refractivity contribution in [1.82, 2.24) is 4.98 Å². The van der Waals surface area contributed by atoms with Gasteiger partial charge in [0.2, 0.25) is 0 Å². The first-order valence-electron chi connectivity index (χ1n) is 6.62. The van der Waals surface area contributed by atoms with E-state index in [0.29, 0.717) is 5.69 Å². The molecule has 0 radical (unpaired) electrons. The number of carboxylic acid groups (broad SMARTS) is 1. The SMILES string of the molecule is COc1cc(C(=O)O)cc(NC(=O)c2nc(C)sc2C)c1OC. The van der Waals surface area contributed by atoms with Gasteiger partial charge in [0, 0.05) is 4.88 Å². The zero-order valence-corrected chi connectivity index (χ0v) is 13.9. The maximum Gasteiger partial charge on any atom is 0.335 e. The predicted octanol–water partition coefficient (Wildman–Crippen LogP) is 2.73. The number of amides is 1. The highest BCUT2D eigenvalue weighted by Crippen LogP contribution is 2.37. The first kappa shape index (κ1) is 16.8. The van der Waals surface area contributed by atoms with Crippen molar-refractivity contribution in [3.63, 3.8) is 0 Å². The standard InChI is InChI=1S/C15H16N2O5S/c1-7-12(16-8(2)23-7)14(18)17-10-5-9(15(19)20)6-11(21-3)13(10)22-4/h5-6H,1-4H3,(H,17,18)(H,19,20). The Hall–Kier alpha value is -2.61. The number of hydrogen-bond donors (Lipinski definition) is 2. The molecule has 0 aliphatic carbocycles. The fraction of sp³-hybridized carbons (Fsp3) is 0.267. The number of ether oxygens (including phenoxy) is 2. The van der Waals surface area contributed by atoms with Crippen molar-refractivity contribution in [2.24, 2.45) is 0 Å². The predicted molar refractivity (Wildman–Crippen MR) is 86.0 cm³/mol. The molecule has 0 spiro atoms. The smallest absolute Gasteiger partial charge is 0.335 e. The molecule has 0 fully saturated rings. The van der Waals surface area contributed by atoms with Crippen LogP contribution in [0.25, 0.3) is 0 Å². The molecule has 2 N–H and O–H groups in total. The van der Waals surface area contributed by atoms with Gasteiger partial charge in [-0.25, -0.2) is 9.78 Å². The van der Waals surface area contributed by atoms with Gasteiger partial charge in [-0.1, -0.05) is 0 Å². The van der Waals surface area contributed by atoms with Gasteiger partial charge in [-0.15, -0.1) is 11.3 Å². The monoisotopic (exact) mass is 336 g/mol. The van der Waals surface area contributed by atoms with E-state index in [-0.39, 0.29) is 22.7 Å². The van der Waals surface area contributed by atoms with Gasteiger partial charge in [0.1, 0.15) is 5.69 Å². The van der Waals surface area contributed by atoms with Crippen LogP contribution in [0.2, 0.25) is 0 Å². The highest BCUT2D eigenvalue weighted by Gasteiger charge is 2.20. The number of aromatic nitrogens is 1. The molecule has 0 bridgehead atoms. The number of methoxy groups -OCH3 is 2. The molecule has 0 aliphatic rings. The summed E-state index contributed by atoms with van der Waals surface area (Å²) < 4.78 is 10.4. The van der Waals surface area contributed by atoms with Crippen LogP contribution in [0.3, 0.4) is 0 Å². The lowest BCUT2D eigenvalue weighted by atomic mass is 10.1. The number of aromatic carboxylic acids is 1. The van der Waals surface area contributed by atoms with Crippen molar-refractivity contribution in [1.29, 1.82) is 0 Å². The van der Waals surface area contributed by atoms with Crippen LogP contribution >= 0.6 is 11.3 Å². The van der Waals surface area contributed by atoms with Crippen molar-refractivity contribution >= 4 is 28.9 Å². The Kier molecular flexibility index (Phi) is 4.85. The van der Waals surface area contributed by atoms with Gasteiger partial charge in [-0.2, -0.15) is 0 Å². The molecule has 2 aromatic rings. The summed E-state index contributed by atoms with van der Waals surface area (Å²) >= 11 is 1.41. The third-order valence-electron chi connectivity index (χ3n) is 3.09. The molecule has 0 saturated heterocycles. The summed E-state index contributed by atoms with van der Waals surface area (Å²) in [6.45, 7) is 3.61. The number of nitrogens with zero attached hydrogens (tertiary/aromatic N) is 1.